The predicted octanol–water partition coefficient (Wildman–Crippen LogP) is 2.81. The highest BCUT2D eigenvalue weighted by Gasteiger charge is 2.41. The summed E-state index contributed by atoms with van der Waals surface area (Å²) in [5.74, 6) is -1.50. The zero-order valence-electron chi connectivity index (χ0n) is 10.8. The van der Waals surface area contributed by atoms with E-state index in [2.05, 4.69) is 0 Å². The van der Waals surface area contributed by atoms with Crippen molar-refractivity contribution >= 4 is 6.09 Å². The highest BCUT2D eigenvalue weighted by atomic mass is 19.4. The molecule has 1 aliphatic heterocycles. The molecule has 8 heteroatoms. The molecule has 0 aliphatic carbocycles. The first-order valence-corrected chi connectivity index (χ1v) is 6.21. The van der Waals surface area contributed by atoms with E-state index in [0.717, 1.165) is 17.0 Å². The quantitative estimate of drug-likeness (QED) is 0.784. The normalized spacial score (nSPS) is 18.6. The second-order valence-corrected chi connectivity index (χ2v) is 4.97. The number of amides is 1. The van der Waals surface area contributed by atoms with Crippen LogP contribution in [0.5, 0.6) is 0 Å². The van der Waals surface area contributed by atoms with Crippen molar-refractivity contribution in [3.05, 3.63) is 35.1 Å². The Morgan fingerprint density at radius 2 is 1.81 bits per heavy atom. The number of rotatable bonds is 1. The molecule has 1 saturated heterocycles. The van der Waals surface area contributed by atoms with Crippen LogP contribution < -0.4 is 0 Å². The maximum absolute atomic E-state index is 14.0. The Kier molecular flexibility index (Phi) is 3.83. The summed E-state index contributed by atoms with van der Waals surface area (Å²) in [6.45, 7) is -0.136. The van der Waals surface area contributed by atoms with E-state index in [1.807, 2.05) is 0 Å². The zero-order valence-corrected chi connectivity index (χ0v) is 10.8. The van der Waals surface area contributed by atoms with Crippen molar-refractivity contribution in [3.8, 4) is 0 Å². The van der Waals surface area contributed by atoms with Crippen LogP contribution >= 0.6 is 0 Å². The first-order chi connectivity index (χ1) is 9.65. The summed E-state index contributed by atoms with van der Waals surface area (Å²) in [5.41, 5.74) is -3.67. The summed E-state index contributed by atoms with van der Waals surface area (Å²) >= 11 is 0. The fourth-order valence-corrected chi connectivity index (χ4v) is 2.45. The van der Waals surface area contributed by atoms with Gasteiger partial charge in [-0.2, -0.15) is 13.2 Å². The Labute approximate surface area is 117 Å². The van der Waals surface area contributed by atoms with E-state index in [1.165, 1.54) is 0 Å². The van der Waals surface area contributed by atoms with E-state index in [0.29, 0.717) is 6.07 Å². The number of carboxylic acid groups (broad SMARTS) is 1. The molecular weight excluding hydrogens is 294 g/mol. The molecule has 1 fully saturated rings. The van der Waals surface area contributed by atoms with Gasteiger partial charge in [0.15, 0.2) is 0 Å². The van der Waals surface area contributed by atoms with E-state index in [-0.39, 0.29) is 25.9 Å². The molecule has 1 aliphatic rings. The molecule has 0 aromatic heterocycles. The molecule has 2 N–H and O–H groups in total. The number of hydrogen-bond donors (Lipinski definition) is 2. The van der Waals surface area contributed by atoms with E-state index in [4.69, 9.17) is 5.11 Å². The Hall–Kier alpha value is -1.83. The minimum atomic E-state index is -4.85. The monoisotopic (exact) mass is 307 g/mol. The highest BCUT2D eigenvalue weighted by Crippen LogP contribution is 2.39. The molecular formula is C13H13F4NO3. The van der Waals surface area contributed by atoms with Gasteiger partial charge in [0.2, 0.25) is 0 Å². The fourth-order valence-electron chi connectivity index (χ4n) is 2.45. The van der Waals surface area contributed by atoms with Gasteiger partial charge in [-0.15, -0.1) is 0 Å². The van der Waals surface area contributed by atoms with Crippen LogP contribution in [-0.2, 0) is 11.8 Å². The van der Waals surface area contributed by atoms with Gasteiger partial charge in [-0.05, 0) is 18.9 Å². The molecule has 1 aromatic rings. The van der Waals surface area contributed by atoms with Gasteiger partial charge in [-0.3, -0.25) is 0 Å². The van der Waals surface area contributed by atoms with Crippen LogP contribution in [0.25, 0.3) is 0 Å². The number of halogens is 4. The smallest absolute Gasteiger partial charge is 0.419 e. The minimum absolute atomic E-state index is 0.0679. The Bertz CT molecular complexity index is 551. The lowest BCUT2D eigenvalue weighted by Gasteiger charge is -2.37. The van der Waals surface area contributed by atoms with Gasteiger partial charge < -0.3 is 15.1 Å². The third-order valence-electron chi connectivity index (χ3n) is 3.67. The van der Waals surface area contributed by atoms with Crippen LogP contribution in [-0.4, -0.2) is 34.3 Å². The van der Waals surface area contributed by atoms with Crippen molar-refractivity contribution < 1.29 is 32.6 Å². The van der Waals surface area contributed by atoms with E-state index in [9.17, 15) is 27.5 Å². The molecule has 0 radical (unpaired) electrons. The molecule has 0 spiro atoms. The zero-order chi connectivity index (χ0) is 15.8. The van der Waals surface area contributed by atoms with Gasteiger partial charge in [0.1, 0.15) is 5.82 Å². The largest absolute Gasteiger partial charge is 0.465 e. The second kappa shape index (κ2) is 5.18. The van der Waals surface area contributed by atoms with Crippen LogP contribution in [0.2, 0.25) is 0 Å². The Balaban J connectivity index is 2.33. The average molecular weight is 307 g/mol. The summed E-state index contributed by atoms with van der Waals surface area (Å²) in [6, 6.07) is 2.73. The van der Waals surface area contributed by atoms with Gasteiger partial charge in [-0.1, -0.05) is 12.1 Å². The highest BCUT2D eigenvalue weighted by molar-refractivity contribution is 5.65. The third-order valence-corrected chi connectivity index (χ3v) is 3.67. The van der Waals surface area contributed by atoms with E-state index in [1.54, 1.807) is 0 Å². The standard InChI is InChI=1S/C13H13F4NO3/c14-10-8(2-1-3-9(10)13(15,16)17)12(21)4-6-18(7-5-12)11(19)20/h1-3,21H,4-7H2,(H,19,20). The van der Waals surface area contributed by atoms with Crippen molar-refractivity contribution in [2.45, 2.75) is 24.6 Å². The molecule has 0 unspecified atom stereocenters. The molecule has 116 valence electrons. The number of hydrogen-bond acceptors (Lipinski definition) is 2. The molecule has 2 rings (SSSR count). The van der Waals surface area contributed by atoms with E-state index < -0.39 is 34.8 Å². The SMILES string of the molecule is O=C(O)N1CCC(O)(c2cccc(C(F)(F)F)c2F)CC1. The number of aliphatic hydroxyl groups is 1. The lowest BCUT2D eigenvalue weighted by Crippen LogP contribution is -2.45. The Morgan fingerprint density at radius 1 is 1.24 bits per heavy atom. The number of likely N-dealkylation sites (tertiary alicyclic amines) is 1. The van der Waals surface area contributed by atoms with Crippen molar-refractivity contribution in [1.29, 1.82) is 0 Å². The van der Waals surface area contributed by atoms with Crippen molar-refractivity contribution in [1.82, 2.24) is 4.90 Å². The topological polar surface area (TPSA) is 60.8 Å². The summed E-state index contributed by atoms with van der Waals surface area (Å²) < 4.78 is 52.1. The van der Waals surface area contributed by atoms with Gasteiger partial charge in [-0.25, -0.2) is 9.18 Å². The number of benzene rings is 1. The average Bonchev–Trinajstić information content (AvgIpc) is 2.37. The molecule has 0 saturated carbocycles. The van der Waals surface area contributed by atoms with Crippen molar-refractivity contribution in [2.75, 3.05) is 13.1 Å². The minimum Gasteiger partial charge on any atom is -0.465 e. The summed E-state index contributed by atoms with van der Waals surface area (Å²) in [4.78, 5) is 11.8. The lowest BCUT2D eigenvalue weighted by atomic mass is 9.83. The maximum Gasteiger partial charge on any atom is 0.419 e. The summed E-state index contributed by atoms with van der Waals surface area (Å²) in [5, 5.41) is 19.2. The van der Waals surface area contributed by atoms with Crippen molar-refractivity contribution in [3.63, 3.8) is 0 Å². The summed E-state index contributed by atoms with van der Waals surface area (Å²) in [6.07, 6.45) is -6.34. The molecule has 1 amide bonds. The summed E-state index contributed by atoms with van der Waals surface area (Å²) in [7, 11) is 0. The van der Waals surface area contributed by atoms with Crippen LogP contribution in [0, 0.1) is 5.82 Å². The Morgan fingerprint density at radius 3 is 2.29 bits per heavy atom. The molecule has 0 bridgehead atoms. The number of carbonyl (C=O) groups is 1. The number of nitrogens with zero attached hydrogens (tertiary/aromatic N) is 1. The molecule has 21 heavy (non-hydrogen) atoms. The van der Waals surface area contributed by atoms with E-state index >= 15 is 0 Å². The van der Waals surface area contributed by atoms with Crippen LogP contribution in [0.15, 0.2) is 18.2 Å². The maximum atomic E-state index is 14.0. The first-order valence-electron chi connectivity index (χ1n) is 6.21. The molecule has 0 atom stereocenters. The first kappa shape index (κ1) is 15.6. The molecule has 1 heterocycles. The number of alkyl halides is 3. The van der Waals surface area contributed by atoms with Gasteiger partial charge in [0, 0.05) is 18.7 Å². The van der Waals surface area contributed by atoms with Gasteiger partial charge in [0.25, 0.3) is 0 Å². The number of piperidine rings is 1. The van der Waals surface area contributed by atoms with Crippen LogP contribution in [0.4, 0.5) is 22.4 Å². The molecule has 4 nitrogen and oxygen atoms in total. The lowest BCUT2D eigenvalue weighted by molar-refractivity contribution is -0.140. The molecule has 1 aromatic carbocycles. The third kappa shape index (κ3) is 2.94. The van der Waals surface area contributed by atoms with Gasteiger partial charge >= 0.3 is 12.3 Å². The van der Waals surface area contributed by atoms with Gasteiger partial charge in [0.05, 0.1) is 11.2 Å². The second-order valence-electron chi connectivity index (χ2n) is 4.97. The van der Waals surface area contributed by atoms with Crippen LogP contribution in [0.3, 0.4) is 0 Å². The van der Waals surface area contributed by atoms with Crippen molar-refractivity contribution in [2.24, 2.45) is 0 Å². The fraction of sp³-hybridized carbons (Fsp3) is 0.462. The van der Waals surface area contributed by atoms with Crippen LogP contribution in [0.1, 0.15) is 24.0 Å². The predicted molar refractivity (Wildman–Crippen MR) is 64.1 cm³/mol.